The highest BCUT2D eigenvalue weighted by Crippen LogP contribution is 2.36. The first-order valence-corrected chi connectivity index (χ1v) is 7.97. The van der Waals surface area contributed by atoms with Crippen LogP contribution < -0.4 is 5.32 Å². The fraction of sp³-hybridized carbons (Fsp3) is 1.00. The van der Waals surface area contributed by atoms with E-state index in [-0.39, 0.29) is 0 Å². The van der Waals surface area contributed by atoms with E-state index in [1.54, 1.807) is 0 Å². The topological polar surface area (TPSA) is 46.2 Å². The van der Waals surface area contributed by atoms with Gasteiger partial charge in [0, 0.05) is 6.26 Å². The second-order valence-electron chi connectivity index (χ2n) is 4.72. The number of rotatable bonds is 7. The highest BCUT2D eigenvalue weighted by Gasteiger charge is 2.30. The minimum atomic E-state index is -2.76. The van der Waals surface area contributed by atoms with E-state index in [9.17, 15) is 8.42 Å². The lowest BCUT2D eigenvalue weighted by Crippen LogP contribution is -2.36. The molecule has 3 nitrogen and oxygen atoms in total. The molecule has 0 radical (unpaired) electrons. The molecule has 0 aromatic rings. The first kappa shape index (κ1) is 13.0. The third kappa shape index (κ3) is 4.98. The van der Waals surface area contributed by atoms with Gasteiger partial charge >= 0.3 is 0 Å². The largest absolute Gasteiger partial charge is 0.316 e. The van der Waals surface area contributed by atoms with Crippen LogP contribution >= 0.6 is 0 Å². The Bertz CT molecular complexity index is 274. The van der Waals surface area contributed by atoms with E-state index in [0.29, 0.717) is 11.7 Å². The molecule has 1 N–H and O–H groups in total. The molecule has 0 aromatic heterocycles. The summed E-state index contributed by atoms with van der Waals surface area (Å²) in [5, 5.41) is 3.41. The molecule has 1 saturated carbocycles. The highest BCUT2D eigenvalue weighted by molar-refractivity contribution is 7.90. The fourth-order valence-electron chi connectivity index (χ4n) is 2.12. The summed E-state index contributed by atoms with van der Waals surface area (Å²) < 4.78 is 22.1. The quantitative estimate of drug-likeness (QED) is 0.677. The molecule has 0 bridgehead atoms. The zero-order valence-electron chi connectivity index (χ0n) is 9.83. The van der Waals surface area contributed by atoms with Crippen LogP contribution in [-0.4, -0.2) is 33.5 Å². The second kappa shape index (κ2) is 5.85. The summed E-state index contributed by atoms with van der Waals surface area (Å²) in [6.45, 7) is 4.31. The van der Waals surface area contributed by atoms with Crippen molar-refractivity contribution in [2.45, 2.75) is 32.6 Å². The van der Waals surface area contributed by atoms with Crippen molar-refractivity contribution in [1.82, 2.24) is 5.32 Å². The van der Waals surface area contributed by atoms with E-state index in [1.807, 2.05) is 0 Å². The lowest BCUT2D eigenvalue weighted by Gasteiger charge is -2.36. The Labute approximate surface area is 93.6 Å². The summed E-state index contributed by atoms with van der Waals surface area (Å²) in [7, 11) is -2.76. The van der Waals surface area contributed by atoms with Crippen molar-refractivity contribution in [3.63, 3.8) is 0 Å². The Hall–Kier alpha value is -0.0900. The zero-order valence-corrected chi connectivity index (χ0v) is 10.6. The van der Waals surface area contributed by atoms with Crippen molar-refractivity contribution in [3.05, 3.63) is 0 Å². The Kier molecular flexibility index (Phi) is 5.06. The molecule has 1 fully saturated rings. The van der Waals surface area contributed by atoms with Gasteiger partial charge in [-0.05, 0) is 50.6 Å². The van der Waals surface area contributed by atoms with Gasteiger partial charge in [-0.2, -0.15) is 0 Å². The summed E-state index contributed by atoms with van der Waals surface area (Å²) >= 11 is 0. The molecular formula is C11H23NO2S. The Morgan fingerprint density at radius 1 is 1.27 bits per heavy atom. The van der Waals surface area contributed by atoms with Crippen LogP contribution in [0.15, 0.2) is 0 Å². The molecule has 0 saturated heterocycles. The summed E-state index contributed by atoms with van der Waals surface area (Å²) in [5.41, 5.74) is 0. The average molecular weight is 233 g/mol. The summed E-state index contributed by atoms with van der Waals surface area (Å²) in [6.07, 6.45) is 5.84. The molecular weight excluding hydrogens is 210 g/mol. The third-order valence-electron chi connectivity index (χ3n) is 3.27. The Morgan fingerprint density at radius 3 is 2.40 bits per heavy atom. The highest BCUT2D eigenvalue weighted by atomic mass is 32.2. The lowest BCUT2D eigenvalue weighted by atomic mass is 9.72. The molecule has 2 unspecified atom stereocenters. The number of hydrogen-bond acceptors (Lipinski definition) is 3. The van der Waals surface area contributed by atoms with Gasteiger partial charge < -0.3 is 5.32 Å². The van der Waals surface area contributed by atoms with Crippen LogP contribution in [0.3, 0.4) is 0 Å². The molecule has 0 aliphatic heterocycles. The van der Waals surface area contributed by atoms with Gasteiger partial charge in [-0.3, -0.25) is 0 Å². The minimum absolute atomic E-state index is 0.363. The van der Waals surface area contributed by atoms with Gasteiger partial charge in [-0.1, -0.05) is 6.92 Å². The van der Waals surface area contributed by atoms with E-state index >= 15 is 0 Å². The van der Waals surface area contributed by atoms with Crippen LogP contribution in [0.1, 0.15) is 32.6 Å². The normalized spacial score (nSPS) is 26.3. The molecule has 0 aromatic carbocycles. The monoisotopic (exact) mass is 233 g/mol. The molecule has 1 rings (SSSR count). The van der Waals surface area contributed by atoms with Crippen molar-refractivity contribution in [2.24, 2.45) is 11.8 Å². The summed E-state index contributed by atoms with van der Waals surface area (Å²) in [6, 6.07) is 0. The molecule has 0 heterocycles. The SMILES string of the molecule is CCCNCC1CCC1CCS(C)(=O)=O. The molecule has 2 atom stereocenters. The van der Waals surface area contributed by atoms with Gasteiger partial charge in [0.2, 0.25) is 0 Å². The molecule has 4 heteroatoms. The van der Waals surface area contributed by atoms with Gasteiger partial charge in [-0.15, -0.1) is 0 Å². The van der Waals surface area contributed by atoms with E-state index in [0.717, 1.165) is 25.4 Å². The van der Waals surface area contributed by atoms with Crippen LogP contribution in [0.5, 0.6) is 0 Å². The van der Waals surface area contributed by atoms with Gasteiger partial charge in [0.05, 0.1) is 5.75 Å². The Balaban J connectivity index is 2.15. The van der Waals surface area contributed by atoms with E-state index < -0.39 is 9.84 Å². The lowest BCUT2D eigenvalue weighted by molar-refractivity contribution is 0.167. The van der Waals surface area contributed by atoms with Crippen molar-refractivity contribution < 1.29 is 8.42 Å². The van der Waals surface area contributed by atoms with Gasteiger partial charge in [0.15, 0.2) is 0 Å². The van der Waals surface area contributed by atoms with E-state index in [2.05, 4.69) is 12.2 Å². The smallest absolute Gasteiger partial charge is 0.147 e. The van der Waals surface area contributed by atoms with Crippen LogP contribution in [0, 0.1) is 11.8 Å². The minimum Gasteiger partial charge on any atom is -0.316 e. The fourth-order valence-corrected chi connectivity index (χ4v) is 2.85. The van der Waals surface area contributed by atoms with Crippen molar-refractivity contribution >= 4 is 9.84 Å². The first-order valence-electron chi connectivity index (χ1n) is 5.91. The van der Waals surface area contributed by atoms with Crippen LogP contribution in [0.2, 0.25) is 0 Å². The van der Waals surface area contributed by atoms with Crippen LogP contribution in [0.25, 0.3) is 0 Å². The van der Waals surface area contributed by atoms with Crippen molar-refractivity contribution in [1.29, 1.82) is 0 Å². The van der Waals surface area contributed by atoms with Gasteiger partial charge in [-0.25, -0.2) is 8.42 Å². The van der Waals surface area contributed by atoms with Crippen molar-refractivity contribution in [2.75, 3.05) is 25.1 Å². The standard InChI is InChI=1S/C11H23NO2S/c1-3-7-12-9-11-5-4-10(11)6-8-15(2,13)14/h10-12H,3-9H2,1-2H3. The molecule has 90 valence electrons. The van der Waals surface area contributed by atoms with Crippen molar-refractivity contribution in [3.8, 4) is 0 Å². The molecule has 1 aliphatic carbocycles. The number of sulfone groups is 1. The molecule has 0 spiro atoms. The second-order valence-corrected chi connectivity index (χ2v) is 6.98. The number of hydrogen-bond donors (Lipinski definition) is 1. The first-order chi connectivity index (χ1) is 7.03. The summed E-state index contributed by atoms with van der Waals surface area (Å²) in [5.74, 6) is 1.73. The van der Waals surface area contributed by atoms with E-state index in [1.165, 1.54) is 25.5 Å². The van der Waals surface area contributed by atoms with E-state index in [4.69, 9.17) is 0 Å². The third-order valence-corrected chi connectivity index (χ3v) is 4.24. The number of nitrogens with one attached hydrogen (secondary N) is 1. The van der Waals surface area contributed by atoms with Crippen LogP contribution in [0.4, 0.5) is 0 Å². The average Bonchev–Trinajstić information content (AvgIpc) is 2.08. The van der Waals surface area contributed by atoms with Crippen LogP contribution in [-0.2, 0) is 9.84 Å². The maximum absolute atomic E-state index is 11.0. The molecule has 1 aliphatic rings. The maximum Gasteiger partial charge on any atom is 0.147 e. The van der Waals surface area contributed by atoms with Gasteiger partial charge in [0.1, 0.15) is 9.84 Å². The summed E-state index contributed by atoms with van der Waals surface area (Å²) in [4.78, 5) is 0. The molecule has 15 heavy (non-hydrogen) atoms. The zero-order chi connectivity index (χ0) is 11.3. The van der Waals surface area contributed by atoms with Gasteiger partial charge in [0.25, 0.3) is 0 Å². The molecule has 0 amide bonds. The Morgan fingerprint density at radius 2 is 1.93 bits per heavy atom. The predicted octanol–water partition coefficient (Wildman–Crippen LogP) is 1.45. The maximum atomic E-state index is 11.0. The predicted molar refractivity (Wildman–Crippen MR) is 63.7 cm³/mol.